The van der Waals surface area contributed by atoms with Crippen LogP contribution in [0.15, 0.2) is 53.9 Å². The summed E-state index contributed by atoms with van der Waals surface area (Å²) in [5.74, 6) is 0.435. The van der Waals surface area contributed by atoms with E-state index in [1.165, 1.54) is 6.21 Å². The number of methoxy groups -OCH3 is 1. The van der Waals surface area contributed by atoms with Crippen LogP contribution in [0.3, 0.4) is 0 Å². The van der Waals surface area contributed by atoms with Crippen molar-refractivity contribution in [1.82, 2.24) is 10.4 Å². The van der Waals surface area contributed by atoms with E-state index in [4.69, 9.17) is 4.74 Å². The molecule has 0 radical (unpaired) electrons. The summed E-state index contributed by atoms with van der Waals surface area (Å²) in [7, 11) is 1.58. The number of ether oxygens (including phenoxy) is 1. The number of nitrogens with zero attached hydrogens (tertiary/aromatic N) is 2. The lowest BCUT2D eigenvalue weighted by molar-refractivity contribution is -0.119. The van der Waals surface area contributed by atoms with Gasteiger partial charge in [-0.05, 0) is 18.2 Å². The van der Waals surface area contributed by atoms with Gasteiger partial charge in [-0.25, -0.2) is 5.43 Å². The average molecular weight is 284 g/mol. The van der Waals surface area contributed by atoms with E-state index in [-0.39, 0.29) is 12.5 Å². The van der Waals surface area contributed by atoms with Crippen LogP contribution < -0.4 is 15.5 Å². The maximum atomic E-state index is 11.7. The highest BCUT2D eigenvalue weighted by molar-refractivity contribution is 5.84. The molecule has 21 heavy (non-hydrogen) atoms. The van der Waals surface area contributed by atoms with Crippen molar-refractivity contribution in [1.29, 1.82) is 0 Å². The van der Waals surface area contributed by atoms with Gasteiger partial charge < -0.3 is 10.1 Å². The number of amides is 1. The van der Waals surface area contributed by atoms with Gasteiger partial charge in [-0.1, -0.05) is 18.2 Å². The lowest BCUT2D eigenvalue weighted by Gasteiger charge is -2.09. The number of para-hydroxylation sites is 2. The molecular formula is C15H16N4O2. The topological polar surface area (TPSA) is 75.6 Å². The molecule has 0 aliphatic carbocycles. The van der Waals surface area contributed by atoms with Crippen molar-refractivity contribution in [3.8, 4) is 5.75 Å². The number of rotatable bonds is 6. The summed E-state index contributed by atoms with van der Waals surface area (Å²) >= 11 is 0. The maximum Gasteiger partial charge on any atom is 0.259 e. The zero-order valence-electron chi connectivity index (χ0n) is 11.6. The van der Waals surface area contributed by atoms with Gasteiger partial charge in [-0.15, -0.1) is 0 Å². The van der Waals surface area contributed by atoms with Crippen LogP contribution in [0.1, 0.15) is 5.56 Å². The first-order chi connectivity index (χ1) is 10.3. The molecule has 1 heterocycles. The van der Waals surface area contributed by atoms with Crippen LogP contribution in [0.25, 0.3) is 0 Å². The molecule has 2 N–H and O–H groups in total. The Labute approximate surface area is 122 Å². The van der Waals surface area contributed by atoms with Gasteiger partial charge in [0, 0.05) is 18.0 Å². The molecule has 0 aliphatic rings. The number of hydrazone groups is 1. The molecule has 2 aromatic rings. The van der Waals surface area contributed by atoms with Crippen LogP contribution in [0.4, 0.5) is 5.69 Å². The zero-order chi connectivity index (χ0) is 14.9. The quantitative estimate of drug-likeness (QED) is 0.625. The van der Waals surface area contributed by atoms with Crippen molar-refractivity contribution < 1.29 is 9.53 Å². The van der Waals surface area contributed by atoms with E-state index in [0.717, 1.165) is 11.3 Å². The Hall–Kier alpha value is -2.89. The van der Waals surface area contributed by atoms with Crippen molar-refractivity contribution in [2.75, 3.05) is 19.0 Å². The molecule has 1 aromatic heterocycles. The summed E-state index contributed by atoms with van der Waals surface area (Å²) in [6.45, 7) is 0.102. The highest BCUT2D eigenvalue weighted by Gasteiger charge is 2.03. The number of hydrogen-bond donors (Lipinski definition) is 2. The van der Waals surface area contributed by atoms with Crippen LogP contribution in [0, 0.1) is 0 Å². The predicted octanol–water partition coefficient (Wildman–Crippen LogP) is 1.65. The molecule has 2 rings (SSSR count). The van der Waals surface area contributed by atoms with Crippen LogP contribution in [0.5, 0.6) is 5.75 Å². The molecule has 0 aliphatic heterocycles. The van der Waals surface area contributed by atoms with Crippen LogP contribution >= 0.6 is 0 Å². The fraction of sp³-hybridized carbons (Fsp3) is 0.133. The molecule has 0 bridgehead atoms. The van der Waals surface area contributed by atoms with Gasteiger partial charge in [-0.2, -0.15) is 5.10 Å². The molecule has 0 spiro atoms. The Kier molecular flexibility index (Phi) is 5.28. The lowest BCUT2D eigenvalue weighted by atomic mass is 10.3. The van der Waals surface area contributed by atoms with Crippen molar-refractivity contribution >= 4 is 17.8 Å². The minimum absolute atomic E-state index is 0.102. The summed E-state index contributed by atoms with van der Waals surface area (Å²) in [5, 5.41) is 6.85. The number of hydrogen-bond acceptors (Lipinski definition) is 5. The molecule has 0 fully saturated rings. The molecule has 6 nitrogen and oxygen atoms in total. The van der Waals surface area contributed by atoms with E-state index in [2.05, 4.69) is 20.8 Å². The SMILES string of the molecule is COc1ccccc1NCC(=O)N/N=C\c1cccnc1. The largest absolute Gasteiger partial charge is 0.495 e. The van der Waals surface area contributed by atoms with Crippen LogP contribution in [-0.4, -0.2) is 30.8 Å². The maximum absolute atomic E-state index is 11.7. The van der Waals surface area contributed by atoms with E-state index in [9.17, 15) is 4.79 Å². The van der Waals surface area contributed by atoms with Gasteiger partial charge in [0.2, 0.25) is 0 Å². The molecule has 0 atom stereocenters. The second-order valence-electron chi connectivity index (χ2n) is 4.13. The number of aromatic nitrogens is 1. The molecule has 0 saturated heterocycles. The third-order valence-corrected chi connectivity index (χ3v) is 2.63. The van der Waals surface area contributed by atoms with Gasteiger partial charge in [-0.3, -0.25) is 9.78 Å². The second kappa shape index (κ2) is 7.64. The third kappa shape index (κ3) is 4.61. The zero-order valence-corrected chi connectivity index (χ0v) is 11.6. The van der Waals surface area contributed by atoms with Crippen molar-refractivity contribution in [2.24, 2.45) is 5.10 Å². The number of pyridine rings is 1. The molecule has 0 unspecified atom stereocenters. The average Bonchev–Trinajstić information content (AvgIpc) is 2.54. The summed E-state index contributed by atoms with van der Waals surface area (Å²) in [4.78, 5) is 15.6. The molecule has 1 amide bonds. The Morgan fingerprint density at radius 2 is 2.19 bits per heavy atom. The van der Waals surface area contributed by atoms with Gasteiger partial charge in [0.1, 0.15) is 5.75 Å². The minimum atomic E-state index is -0.249. The van der Waals surface area contributed by atoms with E-state index in [1.807, 2.05) is 30.3 Å². The summed E-state index contributed by atoms with van der Waals surface area (Å²) in [6, 6.07) is 11.0. The molecule has 6 heteroatoms. The first-order valence-corrected chi connectivity index (χ1v) is 6.38. The van der Waals surface area contributed by atoms with E-state index >= 15 is 0 Å². The Morgan fingerprint density at radius 3 is 2.95 bits per heavy atom. The normalized spacial score (nSPS) is 10.3. The van der Waals surface area contributed by atoms with Crippen LogP contribution in [0.2, 0.25) is 0 Å². The molecule has 1 aromatic carbocycles. The Balaban J connectivity index is 1.81. The first-order valence-electron chi connectivity index (χ1n) is 6.38. The minimum Gasteiger partial charge on any atom is -0.495 e. The second-order valence-corrected chi connectivity index (χ2v) is 4.13. The summed E-state index contributed by atoms with van der Waals surface area (Å²) in [6.07, 6.45) is 4.86. The number of anilines is 1. The highest BCUT2D eigenvalue weighted by Crippen LogP contribution is 2.22. The van der Waals surface area contributed by atoms with Gasteiger partial charge >= 0.3 is 0 Å². The molecule has 108 valence electrons. The summed E-state index contributed by atoms with van der Waals surface area (Å²) < 4.78 is 5.19. The fourth-order valence-corrected chi connectivity index (χ4v) is 1.64. The Bertz CT molecular complexity index is 614. The van der Waals surface area contributed by atoms with Crippen molar-refractivity contribution in [3.63, 3.8) is 0 Å². The van der Waals surface area contributed by atoms with Gasteiger partial charge in [0.05, 0.1) is 25.6 Å². The van der Waals surface area contributed by atoms with Crippen LogP contribution in [-0.2, 0) is 4.79 Å². The van der Waals surface area contributed by atoms with Crippen molar-refractivity contribution in [2.45, 2.75) is 0 Å². The molecular weight excluding hydrogens is 268 g/mol. The Morgan fingerprint density at radius 1 is 1.33 bits per heavy atom. The number of benzene rings is 1. The number of carbonyl (C=O) groups is 1. The van der Waals surface area contributed by atoms with Gasteiger partial charge in [0.15, 0.2) is 0 Å². The van der Waals surface area contributed by atoms with E-state index in [0.29, 0.717) is 5.75 Å². The standard InChI is InChI=1S/C15H16N4O2/c1-21-14-7-3-2-6-13(14)17-11-15(20)19-18-10-12-5-4-8-16-9-12/h2-10,17H,11H2,1H3,(H,19,20)/b18-10-. The predicted molar refractivity (Wildman–Crippen MR) is 81.5 cm³/mol. The molecule has 0 saturated carbocycles. The van der Waals surface area contributed by atoms with E-state index in [1.54, 1.807) is 25.6 Å². The summed E-state index contributed by atoms with van der Waals surface area (Å²) in [5.41, 5.74) is 4.01. The monoisotopic (exact) mass is 284 g/mol. The van der Waals surface area contributed by atoms with E-state index < -0.39 is 0 Å². The first kappa shape index (κ1) is 14.5. The third-order valence-electron chi connectivity index (χ3n) is 2.63. The number of nitrogens with one attached hydrogen (secondary N) is 2. The van der Waals surface area contributed by atoms with Crippen molar-refractivity contribution in [3.05, 3.63) is 54.4 Å². The van der Waals surface area contributed by atoms with Gasteiger partial charge in [0.25, 0.3) is 5.91 Å². The number of carbonyl (C=O) groups excluding carboxylic acids is 1. The smallest absolute Gasteiger partial charge is 0.259 e. The fourth-order valence-electron chi connectivity index (χ4n) is 1.64. The highest BCUT2D eigenvalue weighted by atomic mass is 16.5. The lowest BCUT2D eigenvalue weighted by Crippen LogP contribution is -2.26.